The van der Waals surface area contributed by atoms with Crippen LogP contribution in [0.2, 0.25) is 0 Å². The number of unbranched alkanes of at least 4 members (excludes halogenated alkanes) is 16. The Balaban J connectivity index is 1.32. The van der Waals surface area contributed by atoms with Gasteiger partial charge < -0.3 is 28.0 Å². The first-order valence-corrected chi connectivity index (χ1v) is 22.6. The second-order valence-electron chi connectivity index (χ2n) is 12.3. The maximum Gasteiger partial charge on any atom is 0.607 e. The van der Waals surface area contributed by atoms with Gasteiger partial charge in [0.05, 0.1) is 43.9 Å². The Kier molecular flexibility index (Phi) is 25.0. The highest BCUT2D eigenvalue weighted by Gasteiger charge is 2.22. The van der Waals surface area contributed by atoms with Gasteiger partial charge in [0.15, 0.2) is 18.7 Å². The molecular weight excluding hydrogens is 694 g/mol. The summed E-state index contributed by atoms with van der Waals surface area (Å²) >= 11 is 6.99. The van der Waals surface area contributed by atoms with E-state index in [0.717, 1.165) is 50.0 Å². The molecule has 0 saturated heterocycles. The molecule has 0 aromatic heterocycles. The molecule has 281 valence electrons. The Hall–Kier alpha value is -2.14. The summed E-state index contributed by atoms with van der Waals surface area (Å²) in [6, 6.07) is 14.2. The summed E-state index contributed by atoms with van der Waals surface area (Å²) in [6.45, 7) is 2.70. The van der Waals surface area contributed by atoms with Gasteiger partial charge in [-0.2, -0.15) is 0 Å². The molecule has 1 radical (unpaired) electrons. The van der Waals surface area contributed by atoms with E-state index >= 15 is 0 Å². The van der Waals surface area contributed by atoms with Crippen LogP contribution in [0.25, 0.3) is 0 Å². The van der Waals surface area contributed by atoms with Gasteiger partial charge in [0.2, 0.25) is 0 Å². The molecule has 2 aromatic rings. The monoisotopic (exact) mass is 754 g/mol. The zero-order valence-electron chi connectivity index (χ0n) is 30.4. The molecule has 0 heterocycles. The number of rotatable bonds is 31. The van der Waals surface area contributed by atoms with Crippen LogP contribution in [-0.4, -0.2) is 52.6 Å². The quantitative estimate of drug-likeness (QED) is 0.0262. The fourth-order valence-corrected chi connectivity index (χ4v) is 7.61. The largest absolute Gasteiger partial charge is 0.607 e. The molecule has 0 aliphatic carbocycles. The summed E-state index contributed by atoms with van der Waals surface area (Å²) in [5, 5.41) is 3.93. The lowest BCUT2D eigenvalue weighted by Crippen LogP contribution is -2.36. The van der Waals surface area contributed by atoms with Crippen molar-refractivity contribution in [2.24, 2.45) is 0 Å². The van der Waals surface area contributed by atoms with Crippen LogP contribution in [0.3, 0.4) is 0 Å². The zero-order chi connectivity index (χ0) is 36.1. The molecule has 0 aliphatic heterocycles. The van der Waals surface area contributed by atoms with Gasteiger partial charge in [0, 0.05) is 0 Å². The normalized spacial score (nSPS) is 12.3. The van der Waals surface area contributed by atoms with Crippen molar-refractivity contribution in [3.05, 3.63) is 59.7 Å². The smallest absolute Gasteiger partial charge is 0.494 e. The standard InChI is InChI=1S/C38H60NO8PS2/c1-42-37(40)33-21-25-35(26-22-33)44-29-17-13-9-5-3-7-11-15-19-31-46-48(49,50-39)47-32-20-16-12-8-4-6-10-14-18-30-45-36-27-23-34(24-28-36)38(41)43-2/h21-28H,3-20,29-32,39H2,1-2H3/q+1/p+1. The number of quaternary nitrogens is 1. The molecule has 50 heavy (non-hydrogen) atoms. The average molecular weight is 755 g/mol. The minimum atomic E-state index is -2.33. The topological polar surface area (TPSA) is 120 Å². The maximum atomic E-state index is 11.5. The molecule has 2 rings (SSSR count). The van der Waals surface area contributed by atoms with Gasteiger partial charge in [-0.15, -0.1) is 0 Å². The van der Waals surface area contributed by atoms with Crippen molar-refractivity contribution >= 4 is 41.0 Å². The first-order chi connectivity index (χ1) is 24.4. The lowest BCUT2D eigenvalue weighted by Gasteiger charge is -2.16. The van der Waals surface area contributed by atoms with E-state index in [2.05, 4.69) is 5.14 Å². The van der Waals surface area contributed by atoms with Crippen LogP contribution >= 0.6 is 17.3 Å². The minimum Gasteiger partial charge on any atom is -0.494 e. The fourth-order valence-electron chi connectivity index (χ4n) is 5.34. The lowest BCUT2D eigenvalue weighted by atomic mass is 10.1. The van der Waals surface area contributed by atoms with Crippen LogP contribution in [-0.2, 0) is 30.3 Å². The molecule has 0 bridgehead atoms. The Morgan fingerprint density at radius 1 is 0.580 bits per heavy atom. The first-order valence-electron chi connectivity index (χ1n) is 18.4. The molecule has 0 unspecified atom stereocenters. The predicted octanol–water partition coefficient (Wildman–Crippen LogP) is 9.89. The first kappa shape index (κ1) is 44.0. The summed E-state index contributed by atoms with van der Waals surface area (Å²) in [5.74, 6) is 0.898. The molecule has 0 saturated carbocycles. The third kappa shape index (κ3) is 20.6. The highest BCUT2D eigenvalue weighted by atomic mass is 32.9. The van der Waals surface area contributed by atoms with E-state index < -0.39 is 5.69 Å². The Morgan fingerprint density at radius 2 is 0.920 bits per heavy atom. The van der Waals surface area contributed by atoms with Crippen molar-refractivity contribution in [3.63, 3.8) is 0 Å². The van der Waals surface area contributed by atoms with E-state index in [1.165, 1.54) is 103 Å². The Morgan fingerprint density at radius 3 is 1.26 bits per heavy atom. The number of hydrogen-bond acceptors (Lipinski definition) is 10. The molecule has 3 N–H and O–H groups in total. The van der Waals surface area contributed by atoms with Crippen LogP contribution in [0.5, 0.6) is 11.5 Å². The third-order valence-electron chi connectivity index (χ3n) is 8.32. The van der Waals surface area contributed by atoms with Gasteiger partial charge >= 0.3 is 17.6 Å². The number of ether oxygens (including phenoxy) is 4. The summed E-state index contributed by atoms with van der Waals surface area (Å²) < 4.78 is 33.0. The summed E-state index contributed by atoms with van der Waals surface area (Å²) in [4.78, 5) is 23.0. The Bertz CT molecular complexity index is 1130. The number of carbonyl (C=O) groups is 2. The number of benzene rings is 2. The number of carbonyl (C=O) groups excluding carboxylic acids is 2. The molecule has 0 aliphatic rings. The summed E-state index contributed by atoms with van der Waals surface area (Å²) in [5.41, 5.74) is -1.27. The molecule has 0 atom stereocenters. The van der Waals surface area contributed by atoms with Crippen molar-refractivity contribution in [1.82, 2.24) is 0 Å². The highest BCUT2D eigenvalue weighted by Crippen LogP contribution is 2.57. The van der Waals surface area contributed by atoms with Crippen molar-refractivity contribution in [3.8, 4) is 11.5 Å². The predicted molar refractivity (Wildman–Crippen MR) is 206 cm³/mol. The lowest BCUT2D eigenvalue weighted by molar-refractivity contribution is -0.133. The van der Waals surface area contributed by atoms with Crippen LogP contribution in [0.15, 0.2) is 48.5 Å². The van der Waals surface area contributed by atoms with Crippen molar-refractivity contribution in [1.29, 1.82) is 0 Å². The van der Waals surface area contributed by atoms with E-state index in [0.29, 0.717) is 37.6 Å². The molecule has 9 nitrogen and oxygen atoms in total. The molecule has 0 amide bonds. The highest BCUT2D eigenvalue weighted by molar-refractivity contribution is 8.65. The minimum absolute atomic E-state index is 0.334. The van der Waals surface area contributed by atoms with E-state index in [4.69, 9.17) is 39.8 Å². The van der Waals surface area contributed by atoms with Gasteiger partial charge in [-0.05, 0) is 86.0 Å². The molecule has 0 fully saturated rings. The second kappa shape index (κ2) is 28.4. The number of hydrogen-bond donors (Lipinski definition) is 1. The van der Waals surface area contributed by atoms with E-state index in [9.17, 15) is 9.59 Å². The van der Waals surface area contributed by atoms with Gasteiger partial charge in [0.1, 0.15) is 17.1 Å². The number of esters is 2. The van der Waals surface area contributed by atoms with E-state index in [1.807, 2.05) is 24.3 Å². The molecular formula is C38H61NO8PS2+2. The van der Waals surface area contributed by atoms with Gasteiger partial charge in [-0.3, -0.25) is 5.14 Å². The summed E-state index contributed by atoms with van der Waals surface area (Å²) in [7, 11) is 2.76. The van der Waals surface area contributed by atoms with Crippen molar-refractivity contribution in [2.45, 2.75) is 116 Å². The van der Waals surface area contributed by atoms with Crippen LogP contribution in [0.1, 0.15) is 136 Å². The fraction of sp³-hybridized carbons (Fsp3) is 0.632. The van der Waals surface area contributed by atoms with E-state index in [-0.39, 0.29) is 11.9 Å². The van der Waals surface area contributed by atoms with E-state index in [1.54, 1.807) is 24.3 Å². The molecule has 0 spiro atoms. The van der Waals surface area contributed by atoms with Crippen molar-refractivity contribution in [2.75, 3.05) is 40.6 Å². The second-order valence-corrected chi connectivity index (χ2v) is 18.4. The maximum absolute atomic E-state index is 11.5. The molecule has 2 aromatic carbocycles. The zero-order valence-corrected chi connectivity index (χ0v) is 32.9. The third-order valence-corrected chi connectivity index (χ3v) is 12.8. The number of methoxy groups -OCH3 is 2. The van der Waals surface area contributed by atoms with Crippen LogP contribution < -0.4 is 14.6 Å². The van der Waals surface area contributed by atoms with Gasteiger partial charge in [-0.1, -0.05) is 89.9 Å². The van der Waals surface area contributed by atoms with Crippen LogP contribution in [0.4, 0.5) is 0 Å². The van der Waals surface area contributed by atoms with Gasteiger partial charge in [0.25, 0.3) is 0 Å². The van der Waals surface area contributed by atoms with Crippen molar-refractivity contribution < 1.29 is 42.7 Å². The van der Waals surface area contributed by atoms with Crippen LogP contribution in [0, 0.1) is 0 Å². The molecule has 12 heteroatoms. The SMILES string of the molecule is COC(=O)c1ccc(OCCCCCCCCCCCOP(=S)(OCCCCCCCCCCCOc2ccc(C(=[O+])OC)cc2)S[NH3+])cc1. The van der Waals surface area contributed by atoms with Gasteiger partial charge in [-0.25, -0.2) is 4.79 Å². The average Bonchev–Trinajstić information content (AvgIpc) is 3.15. The Labute approximate surface area is 310 Å². The summed E-state index contributed by atoms with van der Waals surface area (Å²) in [6.07, 6.45) is 21.2.